The Balaban J connectivity index is 1.30. The Morgan fingerprint density at radius 3 is 2.61 bits per heavy atom. The summed E-state index contributed by atoms with van der Waals surface area (Å²) in [7, 11) is -1.08. The molecule has 0 radical (unpaired) electrons. The minimum Gasteiger partial charge on any atom is -0.485 e. The molecule has 2 aromatic rings. The predicted octanol–water partition coefficient (Wildman–Crippen LogP) is 2.59. The molecule has 2 aliphatic heterocycles. The minimum atomic E-state index is -1.08. The molecule has 5 rings (SSSR count). The molecule has 2 fully saturated rings. The van der Waals surface area contributed by atoms with Crippen molar-refractivity contribution in [3.8, 4) is 17.0 Å². The highest BCUT2D eigenvalue weighted by Crippen LogP contribution is 2.60. The molecule has 1 amide bonds. The Hall–Kier alpha value is -2.28. The van der Waals surface area contributed by atoms with Crippen LogP contribution in [0, 0.1) is 5.41 Å². The first-order valence-electron chi connectivity index (χ1n) is 9.67. The van der Waals surface area contributed by atoms with E-state index in [1.54, 1.807) is 18.5 Å². The van der Waals surface area contributed by atoms with Gasteiger partial charge in [0, 0.05) is 43.1 Å². The van der Waals surface area contributed by atoms with E-state index in [0.717, 1.165) is 68.6 Å². The van der Waals surface area contributed by atoms with Crippen LogP contribution in [0.2, 0.25) is 0 Å². The van der Waals surface area contributed by atoms with E-state index in [4.69, 9.17) is 4.74 Å². The summed E-state index contributed by atoms with van der Waals surface area (Å²) in [6.07, 6.45) is 11.4. The zero-order chi connectivity index (χ0) is 19.4. The number of fused-ring (bicyclic) bond motifs is 1. The lowest BCUT2D eigenvalue weighted by atomic mass is 9.54. The molecular weight excluding hydrogens is 374 g/mol. The van der Waals surface area contributed by atoms with Gasteiger partial charge >= 0.3 is 0 Å². The van der Waals surface area contributed by atoms with Gasteiger partial charge in [-0.2, -0.15) is 0 Å². The van der Waals surface area contributed by atoms with E-state index in [1.807, 2.05) is 17.2 Å². The molecule has 7 heteroatoms. The van der Waals surface area contributed by atoms with Crippen molar-refractivity contribution in [3.63, 3.8) is 0 Å². The molecule has 1 saturated heterocycles. The number of carbonyl (C=O) groups is 1. The SMILES string of the molecule is CS(=O)c1ccc(-c2cc3c(cn2)OC2(C3)CC3(CCN(C=O)CC3)C2)cn1. The maximum atomic E-state index is 11.5. The fourth-order valence-electron chi connectivity index (χ4n) is 5.16. The van der Waals surface area contributed by atoms with Gasteiger partial charge < -0.3 is 9.64 Å². The molecule has 2 spiro atoms. The molecule has 1 saturated carbocycles. The largest absolute Gasteiger partial charge is 0.485 e. The fourth-order valence-corrected chi connectivity index (χ4v) is 5.62. The number of aromatic nitrogens is 2. The van der Waals surface area contributed by atoms with Crippen molar-refractivity contribution in [2.75, 3.05) is 19.3 Å². The molecule has 3 aliphatic rings. The molecule has 1 unspecified atom stereocenters. The third-order valence-electron chi connectivity index (χ3n) is 6.52. The maximum absolute atomic E-state index is 11.5. The highest BCUT2D eigenvalue weighted by atomic mass is 32.2. The Labute approximate surface area is 166 Å². The lowest BCUT2D eigenvalue weighted by Gasteiger charge is -2.56. The molecule has 0 N–H and O–H groups in total. The van der Waals surface area contributed by atoms with Crippen LogP contribution in [-0.2, 0) is 22.0 Å². The highest BCUT2D eigenvalue weighted by molar-refractivity contribution is 7.84. The predicted molar refractivity (Wildman–Crippen MR) is 105 cm³/mol. The van der Waals surface area contributed by atoms with Gasteiger partial charge in [0.05, 0.1) is 22.7 Å². The van der Waals surface area contributed by atoms with Gasteiger partial charge in [0.1, 0.15) is 16.4 Å². The number of pyridine rings is 2. The first kappa shape index (κ1) is 17.8. The van der Waals surface area contributed by atoms with E-state index in [1.165, 1.54) is 5.56 Å². The molecule has 2 aromatic heterocycles. The van der Waals surface area contributed by atoms with Crippen molar-refractivity contribution in [3.05, 3.63) is 36.2 Å². The Kier molecular flexibility index (Phi) is 4.05. The van der Waals surface area contributed by atoms with Crippen LogP contribution in [0.3, 0.4) is 0 Å². The zero-order valence-corrected chi connectivity index (χ0v) is 16.7. The number of hydrogen-bond acceptors (Lipinski definition) is 5. The van der Waals surface area contributed by atoms with Gasteiger partial charge in [-0.1, -0.05) is 0 Å². The molecule has 0 aromatic carbocycles. The van der Waals surface area contributed by atoms with Gasteiger partial charge in [0.2, 0.25) is 6.41 Å². The Morgan fingerprint density at radius 1 is 1.18 bits per heavy atom. The standard InChI is InChI=1S/C21H23N3O3S/c1-28(26)19-3-2-15(10-23-19)17-8-16-9-21(27-18(16)11-22-17)12-20(13-21)4-6-24(14-25)7-5-20/h2-3,8,10-11,14H,4-7,9,12-13H2,1H3. The first-order valence-corrected chi connectivity index (χ1v) is 11.2. The molecule has 6 nitrogen and oxygen atoms in total. The fraction of sp³-hybridized carbons (Fsp3) is 0.476. The summed E-state index contributed by atoms with van der Waals surface area (Å²) in [6.45, 7) is 1.73. The molecule has 1 atom stereocenters. The van der Waals surface area contributed by atoms with Crippen molar-refractivity contribution < 1.29 is 13.7 Å². The molecule has 146 valence electrons. The lowest BCUT2D eigenvalue weighted by Crippen LogP contribution is -2.58. The summed E-state index contributed by atoms with van der Waals surface area (Å²) in [6, 6.07) is 5.81. The van der Waals surface area contributed by atoms with Crippen molar-refractivity contribution >= 4 is 17.2 Å². The van der Waals surface area contributed by atoms with Gasteiger partial charge in [0.15, 0.2) is 0 Å². The van der Waals surface area contributed by atoms with Crippen LogP contribution >= 0.6 is 0 Å². The Bertz CT molecular complexity index is 944. The summed E-state index contributed by atoms with van der Waals surface area (Å²) < 4.78 is 17.9. The second-order valence-electron chi connectivity index (χ2n) is 8.47. The van der Waals surface area contributed by atoms with E-state index in [2.05, 4.69) is 16.0 Å². The molecular formula is C21H23N3O3S. The average Bonchev–Trinajstić information content (AvgIpc) is 3.06. The normalized spacial score (nSPS) is 22.4. The molecule has 0 bridgehead atoms. The van der Waals surface area contributed by atoms with Crippen LogP contribution < -0.4 is 4.74 Å². The summed E-state index contributed by atoms with van der Waals surface area (Å²) in [5.74, 6) is 0.892. The number of carbonyl (C=O) groups excluding carboxylic acids is 1. The van der Waals surface area contributed by atoms with E-state index in [-0.39, 0.29) is 5.60 Å². The third kappa shape index (κ3) is 2.92. The average molecular weight is 398 g/mol. The van der Waals surface area contributed by atoms with Crippen LogP contribution in [0.4, 0.5) is 0 Å². The van der Waals surface area contributed by atoms with Crippen molar-refractivity contribution in [2.24, 2.45) is 5.41 Å². The molecule has 28 heavy (non-hydrogen) atoms. The van der Waals surface area contributed by atoms with Gasteiger partial charge in [-0.05, 0) is 49.3 Å². The first-order chi connectivity index (χ1) is 13.5. The van der Waals surface area contributed by atoms with Crippen LogP contribution in [0.15, 0.2) is 35.6 Å². The maximum Gasteiger partial charge on any atom is 0.209 e. The van der Waals surface area contributed by atoms with Crippen molar-refractivity contribution in [1.29, 1.82) is 0 Å². The minimum absolute atomic E-state index is 0.0901. The second kappa shape index (κ2) is 6.37. The van der Waals surface area contributed by atoms with Crippen LogP contribution in [0.1, 0.15) is 31.2 Å². The number of ether oxygens (including phenoxy) is 1. The van der Waals surface area contributed by atoms with Gasteiger partial charge in [-0.25, -0.2) is 4.98 Å². The van der Waals surface area contributed by atoms with Crippen LogP contribution in [0.5, 0.6) is 5.75 Å². The zero-order valence-electron chi connectivity index (χ0n) is 15.9. The second-order valence-corrected chi connectivity index (χ2v) is 9.80. The van der Waals surface area contributed by atoms with Gasteiger partial charge in [0.25, 0.3) is 0 Å². The van der Waals surface area contributed by atoms with Crippen LogP contribution in [0.25, 0.3) is 11.3 Å². The van der Waals surface area contributed by atoms with Gasteiger partial charge in [-0.15, -0.1) is 0 Å². The Morgan fingerprint density at radius 2 is 1.96 bits per heavy atom. The van der Waals surface area contributed by atoms with E-state index >= 15 is 0 Å². The van der Waals surface area contributed by atoms with E-state index in [9.17, 15) is 9.00 Å². The van der Waals surface area contributed by atoms with E-state index in [0.29, 0.717) is 10.4 Å². The molecule has 4 heterocycles. The van der Waals surface area contributed by atoms with E-state index < -0.39 is 10.8 Å². The third-order valence-corrected chi connectivity index (χ3v) is 7.35. The summed E-state index contributed by atoms with van der Waals surface area (Å²) >= 11 is 0. The number of hydrogen-bond donors (Lipinski definition) is 0. The monoisotopic (exact) mass is 397 g/mol. The smallest absolute Gasteiger partial charge is 0.209 e. The van der Waals surface area contributed by atoms with Crippen LogP contribution in [-0.4, -0.2) is 50.4 Å². The lowest BCUT2D eigenvalue weighted by molar-refractivity contribution is -0.134. The number of likely N-dealkylation sites (tertiary alicyclic amines) is 1. The summed E-state index contributed by atoms with van der Waals surface area (Å²) in [5, 5.41) is 0.576. The quantitative estimate of drug-likeness (QED) is 0.745. The summed E-state index contributed by atoms with van der Waals surface area (Å²) in [4.78, 5) is 21.7. The summed E-state index contributed by atoms with van der Waals surface area (Å²) in [5.41, 5.74) is 3.24. The van der Waals surface area contributed by atoms with Crippen molar-refractivity contribution in [2.45, 2.75) is 42.7 Å². The number of amides is 1. The van der Waals surface area contributed by atoms with Gasteiger partial charge in [-0.3, -0.25) is 14.0 Å². The highest BCUT2D eigenvalue weighted by Gasteiger charge is 2.59. The number of nitrogens with zero attached hydrogens (tertiary/aromatic N) is 3. The van der Waals surface area contributed by atoms with Crippen molar-refractivity contribution in [1.82, 2.24) is 14.9 Å². The molecule has 1 aliphatic carbocycles. The topological polar surface area (TPSA) is 72.4 Å². The number of piperidine rings is 1. The number of rotatable bonds is 3.